The van der Waals surface area contributed by atoms with Crippen molar-refractivity contribution in [3.63, 3.8) is 0 Å². The van der Waals surface area contributed by atoms with Gasteiger partial charge >= 0.3 is 0 Å². The van der Waals surface area contributed by atoms with Crippen LogP contribution in [0.4, 0.5) is 11.4 Å². The Balaban J connectivity index is 2.38. The summed E-state index contributed by atoms with van der Waals surface area (Å²) in [4.78, 5) is 24.7. The van der Waals surface area contributed by atoms with Gasteiger partial charge in [0.05, 0.1) is 13.1 Å². The van der Waals surface area contributed by atoms with E-state index < -0.39 is 0 Å². The van der Waals surface area contributed by atoms with E-state index in [1.54, 1.807) is 36.2 Å². The van der Waals surface area contributed by atoms with Crippen LogP contribution in [0.5, 0.6) is 0 Å². The van der Waals surface area contributed by atoms with Crippen LogP contribution in [0.2, 0.25) is 0 Å². The lowest BCUT2D eigenvalue weighted by atomic mass is 10.3. The zero-order valence-corrected chi connectivity index (χ0v) is 11.3. The fourth-order valence-electron chi connectivity index (χ4n) is 1.57. The number of nitrogens with two attached hydrogens (primary N) is 1. The van der Waals surface area contributed by atoms with E-state index in [2.05, 4.69) is 10.6 Å². The van der Waals surface area contributed by atoms with Crippen LogP contribution >= 0.6 is 0 Å². The SMILES string of the molecule is CCNC(=O)CN(C)CC(=O)Nc1ccc(N)cc1. The number of hydrogen-bond donors (Lipinski definition) is 3. The number of anilines is 2. The number of hydrogen-bond acceptors (Lipinski definition) is 4. The maximum absolute atomic E-state index is 11.7. The van der Waals surface area contributed by atoms with Gasteiger partial charge in [-0.25, -0.2) is 0 Å². The van der Waals surface area contributed by atoms with E-state index in [0.717, 1.165) is 0 Å². The van der Waals surface area contributed by atoms with Crippen molar-refractivity contribution >= 4 is 23.2 Å². The Morgan fingerprint density at radius 2 is 1.74 bits per heavy atom. The molecule has 1 aromatic rings. The molecule has 0 aliphatic rings. The van der Waals surface area contributed by atoms with Crippen LogP contribution in [0.15, 0.2) is 24.3 Å². The lowest BCUT2D eigenvalue weighted by Gasteiger charge is -2.15. The smallest absolute Gasteiger partial charge is 0.238 e. The molecule has 2 amide bonds. The van der Waals surface area contributed by atoms with Gasteiger partial charge in [-0.15, -0.1) is 0 Å². The minimum absolute atomic E-state index is 0.0923. The van der Waals surface area contributed by atoms with E-state index in [0.29, 0.717) is 17.9 Å². The summed E-state index contributed by atoms with van der Waals surface area (Å²) in [5.74, 6) is -0.262. The van der Waals surface area contributed by atoms with Crippen LogP contribution in [-0.2, 0) is 9.59 Å². The highest BCUT2D eigenvalue weighted by molar-refractivity contribution is 5.92. The number of benzene rings is 1. The first-order chi connectivity index (χ1) is 9.01. The Hall–Kier alpha value is -2.08. The maximum Gasteiger partial charge on any atom is 0.238 e. The summed E-state index contributed by atoms with van der Waals surface area (Å²) >= 11 is 0. The summed E-state index contributed by atoms with van der Waals surface area (Å²) in [6, 6.07) is 6.90. The highest BCUT2D eigenvalue weighted by atomic mass is 16.2. The van der Waals surface area contributed by atoms with Gasteiger partial charge in [0, 0.05) is 17.9 Å². The summed E-state index contributed by atoms with van der Waals surface area (Å²) < 4.78 is 0. The summed E-state index contributed by atoms with van der Waals surface area (Å²) in [5, 5.41) is 5.42. The second-order valence-electron chi connectivity index (χ2n) is 4.30. The zero-order valence-electron chi connectivity index (χ0n) is 11.3. The number of likely N-dealkylation sites (N-methyl/N-ethyl adjacent to an activating group) is 2. The fourth-order valence-corrected chi connectivity index (χ4v) is 1.57. The molecule has 0 bridgehead atoms. The molecule has 0 atom stereocenters. The molecule has 0 heterocycles. The third-order valence-corrected chi connectivity index (χ3v) is 2.40. The quantitative estimate of drug-likeness (QED) is 0.644. The number of rotatable bonds is 6. The summed E-state index contributed by atoms with van der Waals surface area (Å²) in [5.41, 5.74) is 6.89. The maximum atomic E-state index is 11.7. The largest absolute Gasteiger partial charge is 0.399 e. The van der Waals surface area contributed by atoms with E-state index in [9.17, 15) is 9.59 Å². The van der Waals surface area contributed by atoms with Crippen LogP contribution in [0.1, 0.15) is 6.92 Å². The van der Waals surface area contributed by atoms with Gasteiger partial charge in [-0.1, -0.05) is 0 Å². The lowest BCUT2D eigenvalue weighted by Crippen LogP contribution is -2.38. The molecule has 4 N–H and O–H groups in total. The second kappa shape index (κ2) is 7.38. The second-order valence-corrected chi connectivity index (χ2v) is 4.30. The third kappa shape index (κ3) is 5.87. The summed E-state index contributed by atoms with van der Waals surface area (Å²) in [6.45, 7) is 2.79. The fraction of sp³-hybridized carbons (Fsp3) is 0.385. The number of carbonyl (C=O) groups excluding carboxylic acids is 2. The molecule has 6 nitrogen and oxygen atoms in total. The van der Waals surface area contributed by atoms with Crippen molar-refractivity contribution in [2.75, 3.05) is 37.7 Å². The Morgan fingerprint density at radius 1 is 1.16 bits per heavy atom. The summed E-state index contributed by atoms with van der Waals surface area (Å²) in [6.07, 6.45) is 0. The van der Waals surface area contributed by atoms with Gasteiger partial charge in [-0.05, 0) is 38.2 Å². The van der Waals surface area contributed by atoms with Crippen molar-refractivity contribution in [2.24, 2.45) is 0 Å². The minimum atomic E-state index is -0.170. The molecule has 6 heteroatoms. The van der Waals surface area contributed by atoms with Crippen molar-refractivity contribution in [2.45, 2.75) is 6.92 Å². The van der Waals surface area contributed by atoms with Crippen LogP contribution < -0.4 is 16.4 Å². The van der Waals surface area contributed by atoms with E-state index in [-0.39, 0.29) is 24.9 Å². The van der Waals surface area contributed by atoms with E-state index in [4.69, 9.17) is 5.73 Å². The molecule has 0 aromatic heterocycles. The molecule has 0 unspecified atom stereocenters. The molecule has 19 heavy (non-hydrogen) atoms. The third-order valence-electron chi connectivity index (χ3n) is 2.40. The van der Waals surface area contributed by atoms with Crippen LogP contribution in [0.3, 0.4) is 0 Å². The molecule has 0 radical (unpaired) electrons. The Kier molecular flexibility index (Phi) is 5.81. The van der Waals surface area contributed by atoms with Gasteiger partial charge in [-0.2, -0.15) is 0 Å². The Labute approximate surface area is 113 Å². The molecule has 1 aromatic carbocycles. The van der Waals surface area contributed by atoms with Gasteiger partial charge in [0.15, 0.2) is 0 Å². The average molecular weight is 264 g/mol. The molecular weight excluding hydrogens is 244 g/mol. The van der Waals surface area contributed by atoms with Crippen LogP contribution in [-0.4, -0.2) is 43.4 Å². The van der Waals surface area contributed by atoms with Gasteiger partial charge < -0.3 is 16.4 Å². The van der Waals surface area contributed by atoms with Crippen LogP contribution in [0, 0.1) is 0 Å². The molecular formula is C13H20N4O2. The summed E-state index contributed by atoms with van der Waals surface area (Å²) in [7, 11) is 1.72. The van der Waals surface area contributed by atoms with Crippen molar-refractivity contribution in [3.05, 3.63) is 24.3 Å². The highest BCUT2D eigenvalue weighted by Gasteiger charge is 2.10. The van der Waals surface area contributed by atoms with Gasteiger partial charge in [-0.3, -0.25) is 14.5 Å². The normalized spacial score (nSPS) is 10.3. The van der Waals surface area contributed by atoms with Gasteiger partial charge in [0.2, 0.25) is 11.8 Å². The van der Waals surface area contributed by atoms with E-state index in [1.807, 2.05) is 6.92 Å². The van der Waals surface area contributed by atoms with Gasteiger partial charge in [0.25, 0.3) is 0 Å². The van der Waals surface area contributed by atoms with Crippen molar-refractivity contribution in [1.82, 2.24) is 10.2 Å². The molecule has 0 spiro atoms. The first-order valence-electron chi connectivity index (χ1n) is 6.12. The molecule has 0 aliphatic carbocycles. The number of nitrogen functional groups attached to an aromatic ring is 1. The Bertz CT molecular complexity index is 431. The Morgan fingerprint density at radius 3 is 2.32 bits per heavy atom. The van der Waals surface area contributed by atoms with Crippen molar-refractivity contribution < 1.29 is 9.59 Å². The van der Waals surface area contributed by atoms with Crippen LogP contribution in [0.25, 0.3) is 0 Å². The molecule has 0 aliphatic heterocycles. The minimum Gasteiger partial charge on any atom is -0.399 e. The van der Waals surface area contributed by atoms with E-state index >= 15 is 0 Å². The number of nitrogens with one attached hydrogen (secondary N) is 2. The average Bonchev–Trinajstić information content (AvgIpc) is 2.32. The number of carbonyl (C=O) groups is 2. The molecule has 0 saturated heterocycles. The van der Waals surface area contributed by atoms with Gasteiger partial charge in [0.1, 0.15) is 0 Å². The van der Waals surface area contributed by atoms with E-state index in [1.165, 1.54) is 0 Å². The lowest BCUT2D eigenvalue weighted by molar-refractivity contribution is -0.122. The first-order valence-corrected chi connectivity index (χ1v) is 6.12. The molecule has 104 valence electrons. The van der Waals surface area contributed by atoms with Crippen molar-refractivity contribution in [3.8, 4) is 0 Å². The topological polar surface area (TPSA) is 87.5 Å². The standard InChI is InChI=1S/C13H20N4O2/c1-3-15-12(18)8-17(2)9-13(19)16-11-6-4-10(14)5-7-11/h4-7H,3,8-9,14H2,1-2H3,(H,15,18)(H,16,19). The number of amides is 2. The number of nitrogens with zero attached hydrogens (tertiary/aromatic N) is 1. The first kappa shape index (κ1) is 15.0. The predicted molar refractivity (Wildman–Crippen MR) is 75.7 cm³/mol. The zero-order chi connectivity index (χ0) is 14.3. The monoisotopic (exact) mass is 264 g/mol. The molecule has 0 saturated carbocycles. The predicted octanol–water partition coefficient (Wildman–Crippen LogP) is 0.275. The highest BCUT2D eigenvalue weighted by Crippen LogP contribution is 2.10. The molecule has 0 fully saturated rings. The van der Waals surface area contributed by atoms with Crippen molar-refractivity contribution in [1.29, 1.82) is 0 Å². The molecule has 1 rings (SSSR count).